The smallest absolute Gasteiger partial charge is 0.328 e. The van der Waals surface area contributed by atoms with E-state index in [0.29, 0.717) is 0 Å². The first-order valence-corrected chi connectivity index (χ1v) is 7.47. The van der Waals surface area contributed by atoms with Gasteiger partial charge in [-0.2, -0.15) is 0 Å². The molecule has 0 aromatic heterocycles. The van der Waals surface area contributed by atoms with E-state index in [4.69, 9.17) is 9.84 Å². The van der Waals surface area contributed by atoms with Gasteiger partial charge in [0, 0.05) is 11.6 Å². The van der Waals surface area contributed by atoms with E-state index in [9.17, 15) is 30.0 Å². The first-order chi connectivity index (χ1) is 12.3. The summed E-state index contributed by atoms with van der Waals surface area (Å²) in [6, 6.07) is 6.43. The third kappa shape index (κ3) is 2.88. The molecule has 0 bridgehead atoms. The van der Waals surface area contributed by atoms with Crippen molar-refractivity contribution in [2.45, 2.75) is 12.0 Å². The maximum absolute atomic E-state index is 11.9. The molecule has 3 rings (SSSR count). The molecule has 0 saturated carbocycles. The van der Waals surface area contributed by atoms with Gasteiger partial charge in [-0.15, -0.1) is 0 Å². The summed E-state index contributed by atoms with van der Waals surface area (Å²) in [5.74, 6) is -4.89. The zero-order valence-electron chi connectivity index (χ0n) is 13.2. The SMILES string of the molecule is O=C(O)/C=C/c1ccc(O)c2c1[C@H](C(=O)O)[C@@H](c1ccc(O)c(O)c1)O2. The lowest BCUT2D eigenvalue weighted by Crippen LogP contribution is -2.18. The van der Waals surface area contributed by atoms with Crippen molar-refractivity contribution in [3.63, 3.8) is 0 Å². The van der Waals surface area contributed by atoms with Gasteiger partial charge in [0.25, 0.3) is 0 Å². The van der Waals surface area contributed by atoms with E-state index in [-0.39, 0.29) is 33.9 Å². The number of hydrogen-bond acceptors (Lipinski definition) is 6. The van der Waals surface area contributed by atoms with Gasteiger partial charge in [0.05, 0.1) is 0 Å². The molecule has 0 amide bonds. The lowest BCUT2D eigenvalue weighted by molar-refractivity contribution is -0.140. The fourth-order valence-corrected chi connectivity index (χ4v) is 2.93. The van der Waals surface area contributed by atoms with Gasteiger partial charge in [-0.1, -0.05) is 12.1 Å². The Kier molecular flexibility index (Phi) is 4.17. The number of aromatic hydroxyl groups is 3. The van der Waals surface area contributed by atoms with Gasteiger partial charge in [-0.3, -0.25) is 4.79 Å². The van der Waals surface area contributed by atoms with Crippen molar-refractivity contribution in [2.75, 3.05) is 0 Å². The van der Waals surface area contributed by atoms with Gasteiger partial charge in [0.15, 0.2) is 23.0 Å². The van der Waals surface area contributed by atoms with Crippen molar-refractivity contribution >= 4 is 18.0 Å². The fraction of sp³-hybridized carbons (Fsp3) is 0.111. The number of fused-ring (bicyclic) bond motifs is 1. The Morgan fingerprint density at radius 2 is 1.65 bits per heavy atom. The second-order valence-electron chi connectivity index (χ2n) is 5.69. The van der Waals surface area contributed by atoms with Crippen LogP contribution < -0.4 is 4.74 Å². The molecule has 2 aromatic rings. The second-order valence-corrected chi connectivity index (χ2v) is 5.69. The van der Waals surface area contributed by atoms with Crippen LogP contribution in [-0.4, -0.2) is 37.5 Å². The quantitative estimate of drug-likeness (QED) is 0.413. The molecule has 8 nitrogen and oxygen atoms in total. The maximum atomic E-state index is 11.9. The van der Waals surface area contributed by atoms with Crippen molar-refractivity contribution in [1.82, 2.24) is 0 Å². The number of aliphatic carboxylic acids is 2. The zero-order chi connectivity index (χ0) is 19.0. The fourth-order valence-electron chi connectivity index (χ4n) is 2.93. The van der Waals surface area contributed by atoms with Gasteiger partial charge < -0.3 is 30.3 Å². The Morgan fingerprint density at radius 3 is 2.27 bits per heavy atom. The summed E-state index contributed by atoms with van der Waals surface area (Å²) in [6.07, 6.45) is 0.987. The monoisotopic (exact) mass is 358 g/mol. The van der Waals surface area contributed by atoms with Gasteiger partial charge in [0.1, 0.15) is 12.0 Å². The molecule has 2 atom stereocenters. The standard InChI is InChI=1S/C18H14O8/c19-10-4-2-9(7-12(10)21)16-15(18(24)25)14-8(3-6-13(22)23)1-5-11(20)17(14)26-16/h1-7,15-16,19-21H,(H,22,23)(H,24,25)/b6-3+/t15-,16+/m0/s1. The zero-order valence-corrected chi connectivity index (χ0v) is 13.2. The van der Waals surface area contributed by atoms with Crippen LogP contribution in [-0.2, 0) is 9.59 Å². The normalized spacial score (nSPS) is 18.5. The third-order valence-corrected chi connectivity index (χ3v) is 4.07. The predicted molar refractivity (Wildman–Crippen MR) is 88.3 cm³/mol. The molecular weight excluding hydrogens is 344 g/mol. The van der Waals surface area contributed by atoms with Crippen LogP contribution in [0.1, 0.15) is 28.7 Å². The highest BCUT2D eigenvalue weighted by atomic mass is 16.5. The number of carbonyl (C=O) groups is 2. The molecule has 0 unspecified atom stereocenters. The molecule has 1 heterocycles. The number of ether oxygens (including phenoxy) is 1. The number of hydrogen-bond donors (Lipinski definition) is 5. The summed E-state index contributed by atoms with van der Waals surface area (Å²) in [5.41, 5.74) is 0.683. The minimum Gasteiger partial charge on any atom is -0.504 e. The molecule has 0 radical (unpaired) electrons. The lowest BCUT2D eigenvalue weighted by Gasteiger charge is -2.17. The molecule has 1 aliphatic rings. The van der Waals surface area contributed by atoms with E-state index in [1.807, 2.05) is 0 Å². The number of carboxylic acids is 2. The molecule has 0 fully saturated rings. The molecule has 0 saturated heterocycles. The molecule has 8 heteroatoms. The summed E-state index contributed by atoms with van der Waals surface area (Å²) in [7, 11) is 0. The third-order valence-electron chi connectivity index (χ3n) is 4.07. The molecule has 0 aliphatic carbocycles. The Labute approximate surface area is 146 Å². The Hall–Kier alpha value is -3.68. The first-order valence-electron chi connectivity index (χ1n) is 7.47. The van der Waals surface area contributed by atoms with E-state index < -0.39 is 29.7 Å². The summed E-state index contributed by atoms with van der Waals surface area (Å²) in [6.45, 7) is 0. The average Bonchev–Trinajstić information content (AvgIpc) is 2.98. The predicted octanol–water partition coefficient (Wildman–Crippen LogP) is 2.20. The number of benzene rings is 2. The molecule has 26 heavy (non-hydrogen) atoms. The summed E-state index contributed by atoms with van der Waals surface area (Å²) >= 11 is 0. The minimum atomic E-state index is -1.26. The van der Waals surface area contributed by atoms with Gasteiger partial charge in [0.2, 0.25) is 0 Å². The van der Waals surface area contributed by atoms with Gasteiger partial charge in [-0.05, 0) is 35.4 Å². The van der Waals surface area contributed by atoms with E-state index in [0.717, 1.165) is 6.08 Å². The second kappa shape index (κ2) is 6.32. The largest absolute Gasteiger partial charge is 0.504 e. The lowest BCUT2D eigenvalue weighted by atomic mass is 9.88. The van der Waals surface area contributed by atoms with E-state index in [2.05, 4.69) is 0 Å². The van der Waals surface area contributed by atoms with E-state index in [1.54, 1.807) is 0 Å². The van der Waals surface area contributed by atoms with Gasteiger partial charge in [-0.25, -0.2) is 4.79 Å². The molecule has 5 N–H and O–H groups in total. The van der Waals surface area contributed by atoms with Gasteiger partial charge >= 0.3 is 11.9 Å². The Morgan fingerprint density at radius 1 is 0.962 bits per heavy atom. The topological polar surface area (TPSA) is 145 Å². The average molecular weight is 358 g/mol. The molecule has 2 aromatic carbocycles. The Balaban J connectivity index is 2.15. The molecular formula is C18H14O8. The number of phenolic OH excluding ortho intramolecular Hbond substituents is 3. The van der Waals surface area contributed by atoms with Crippen molar-refractivity contribution < 1.29 is 39.9 Å². The van der Waals surface area contributed by atoms with E-state index in [1.165, 1.54) is 36.4 Å². The molecule has 134 valence electrons. The van der Waals surface area contributed by atoms with E-state index >= 15 is 0 Å². The van der Waals surface area contributed by atoms with Crippen LogP contribution in [0.5, 0.6) is 23.0 Å². The van der Waals surface area contributed by atoms with Crippen LogP contribution in [0, 0.1) is 0 Å². The van der Waals surface area contributed by atoms with Crippen LogP contribution in [0.25, 0.3) is 6.08 Å². The van der Waals surface area contributed by atoms with Crippen LogP contribution in [0.4, 0.5) is 0 Å². The summed E-state index contributed by atoms with van der Waals surface area (Å²) < 4.78 is 5.64. The highest BCUT2D eigenvalue weighted by Crippen LogP contribution is 2.52. The van der Waals surface area contributed by atoms with Crippen molar-refractivity contribution in [3.8, 4) is 23.0 Å². The maximum Gasteiger partial charge on any atom is 0.328 e. The van der Waals surface area contributed by atoms with Crippen molar-refractivity contribution in [1.29, 1.82) is 0 Å². The van der Waals surface area contributed by atoms with Crippen LogP contribution in [0.15, 0.2) is 36.4 Å². The highest BCUT2D eigenvalue weighted by Gasteiger charge is 2.43. The minimum absolute atomic E-state index is 0.0671. The summed E-state index contributed by atoms with van der Waals surface area (Å²) in [5, 5.41) is 47.7. The first kappa shape index (κ1) is 17.2. The van der Waals surface area contributed by atoms with Crippen molar-refractivity contribution in [3.05, 3.63) is 53.1 Å². The van der Waals surface area contributed by atoms with Crippen LogP contribution in [0.3, 0.4) is 0 Å². The molecule has 1 aliphatic heterocycles. The number of phenols is 3. The summed E-state index contributed by atoms with van der Waals surface area (Å²) in [4.78, 5) is 22.7. The highest BCUT2D eigenvalue weighted by molar-refractivity contribution is 5.88. The molecule has 0 spiro atoms. The number of carboxylic acid groups (broad SMARTS) is 2. The van der Waals surface area contributed by atoms with Crippen LogP contribution in [0.2, 0.25) is 0 Å². The van der Waals surface area contributed by atoms with Crippen LogP contribution >= 0.6 is 0 Å². The van der Waals surface area contributed by atoms with Crippen molar-refractivity contribution in [2.24, 2.45) is 0 Å². The number of rotatable bonds is 4. The Bertz CT molecular complexity index is 931.